The van der Waals surface area contributed by atoms with Crippen molar-refractivity contribution in [3.8, 4) is 5.75 Å². The molecule has 0 bridgehead atoms. The number of alkyl halides is 2. The van der Waals surface area contributed by atoms with Crippen LogP contribution in [0.2, 0.25) is 0 Å². The maximum atomic E-state index is 13.4. The summed E-state index contributed by atoms with van der Waals surface area (Å²) >= 11 is 0. The highest BCUT2D eigenvalue weighted by Crippen LogP contribution is 2.30. The summed E-state index contributed by atoms with van der Waals surface area (Å²) in [5.74, 6) is -1.67. The quantitative estimate of drug-likeness (QED) is 0.669. The molecule has 3 saturated heterocycles. The van der Waals surface area contributed by atoms with Gasteiger partial charge in [0.05, 0.1) is 18.8 Å². The second-order valence-corrected chi connectivity index (χ2v) is 9.26. The number of ether oxygens (including phenoxy) is 2. The Hall–Kier alpha value is -1.32. The van der Waals surface area contributed by atoms with Gasteiger partial charge in [0.15, 0.2) is 0 Å². The van der Waals surface area contributed by atoms with Gasteiger partial charge in [-0.3, -0.25) is 14.7 Å². The lowest BCUT2D eigenvalue weighted by Gasteiger charge is -2.36. The number of rotatable bonds is 8. The fraction of sp³-hybridized carbons (Fsp3) is 0.739. The van der Waals surface area contributed by atoms with Gasteiger partial charge in [0, 0.05) is 71.7 Å². The van der Waals surface area contributed by atoms with E-state index in [1.807, 2.05) is 17.0 Å². The van der Waals surface area contributed by atoms with E-state index in [2.05, 4.69) is 21.9 Å². The highest BCUT2D eigenvalue weighted by Gasteiger charge is 2.40. The molecule has 4 rings (SSSR count). The highest BCUT2D eigenvalue weighted by molar-refractivity contribution is 5.27. The maximum absolute atomic E-state index is 13.4. The van der Waals surface area contributed by atoms with Gasteiger partial charge >= 0.3 is 0 Å². The van der Waals surface area contributed by atoms with E-state index in [1.54, 1.807) is 0 Å². The smallest absolute Gasteiger partial charge is 0.250 e. The minimum atomic E-state index is -2.54. The lowest BCUT2D eigenvalue weighted by atomic mass is 10.00. The third-order valence-electron chi connectivity index (χ3n) is 6.63. The first-order chi connectivity index (χ1) is 14.9. The summed E-state index contributed by atoms with van der Waals surface area (Å²) in [5.41, 5.74) is 0.372. The fourth-order valence-corrected chi connectivity index (χ4v) is 4.73. The van der Waals surface area contributed by atoms with Crippen molar-refractivity contribution in [3.63, 3.8) is 0 Å². The number of β-amino-alcohol motifs (C(OH)–C–C–N with tert-alkyl or cyclic N) is 1. The topological polar surface area (TPSA) is 48.4 Å². The van der Waals surface area contributed by atoms with Crippen LogP contribution in [-0.4, -0.2) is 104 Å². The molecule has 1 aromatic rings. The van der Waals surface area contributed by atoms with Crippen molar-refractivity contribution in [3.05, 3.63) is 29.8 Å². The van der Waals surface area contributed by atoms with Crippen LogP contribution in [0.1, 0.15) is 24.8 Å². The molecule has 0 saturated carbocycles. The zero-order valence-corrected chi connectivity index (χ0v) is 18.3. The number of morpholine rings is 1. The van der Waals surface area contributed by atoms with Gasteiger partial charge in [-0.2, -0.15) is 0 Å². The molecule has 3 aliphatic heterocycles. The predicted octanol–water partition coefficient (Wildman–Crippen LogP) is 2.07. The molecule has 174 valence electrons. The van der Waals surface area contributed by atoms with E-state index < -0.39 is 11.5 Å². The predicted molar refractivity (Wildman–Crippen MR) is 115 cm³/mol. The van der Waals surface area contributed by atoms with Crippen LogP contribution in [0.4, 0.5) is 8.78 Å². The molecule has 0 spiro atoms. The Morgan fingerprint density at radius 3 is 2.29 bits per heavy atom. The number of halogens is 2. The second kappa shape index (κ2) is 10.1. The van der Waals surface area contributed by atoms with Crippen LogP contribution in [0.25, 0.3) is 0 Å². The van der Waals surface area contributed by atoms with Crippen molar-refractivity contribution >= 4 is 0 Å². The van der Waals surface area contributed by atoms with E-state index in [0.717, 1.165) is 51.7 Å². The minimum absolute atomic E-state index is 0.104. The van der Waals surface area contributed by atoms with Crippen molar-refractivity contribution in [2.45, 2.75) is 37.3 Å². The molecule has 0 aromatic heterocycles. The molecule has 3 heterocycles. The summed E-state index contributed by atoms with van der Waals surface area (Å²) in [4.78, 5) is 6.58. The van der Waals surface area contributed by atoms with Gasteiger partial charge in [-0.15, -0.1) is 0 Å². The molecule has 1 N–H and O–H groups in total. The summed E-state index contributed by atoms with van der Waals surface area (Å²) in [5, 5.41) is 11.0. The normalized spacial score (nSPS) is 28.1. The van der Waals surface area contributed by atoms with E-state index >= 15 is 0 Å². The molecule has 0 radical (unpaired) electrons. The van der Waals surface area contributed by atoms with Gasteiger partial charge in [-0.05, 0) is 24.1 Å². The second-order valence-electron chi connectivity index (χ2n) is 9.26. The number of aliphatic hydroxyl groups is 1. The van der Waals surface area contributed by atoms with E-state index in [-0.39, 0.29) is 12.8 Å². The Labute approximate surface area is 183 Å². The summed E-state index contributed by atoms with van der Waals surface area (Å²) in [6, 6.07) is 8.16. The zero-order valence-electron chi connectivity index (χ0n) is 18.3. The summed E-state index contributed by atoms with van der Waals surface area (Å²) in [6.07, 6.45) is 0.476. The van der Waals surface area contributed by atoms with Crippen molar-refractivity contribution in [1.29, 1.82) is 0 Å². The van der Waals surface area contributed by atoms with Gasteiger partial charge in [0.2, 0.25) is 0 Å². The molecule has 0 amide bonds. The number of benzene rings is 1. The van der Waals surface area contributed by atoms with E-state index in [9.17, 15) is 13.9 Å². The van der Waals surface area contributed by atoms with Crippen LogP contribution in [0.5, 0.6) is 5.75 Å². The molecule has 6 nitrogen and oxygen atoms in total. The van der Waals surface area contributed by atoms with E-state index in [4.69, 9.17) is 9.47 Å². The van der Waals surface area contributed by atoms with Gasteiger partial charge < -0.3 is 14.6 Å². The molecule has 1 atom stereocenters. The van der Waals surface area contributed by atoms with E-state index in [1.165, 1.54) is 5.56 Å². The minimum Gasteiger partial charge on any atom is -0.492 e. The van der Waals surface area contributed by atoms with Crippen LogP contribution in [-0.2, 0) is 11.3 Å². The van der Waals surface area contributed by atoms with Gasteiger partial charge in [-0.1, -0.05) is 12.1 Å². The number of hydrogen-bond donors (Lipinski definition) is 1. The Balaban J connectivity index is 1.18. The van der Waals surface area contributed by atoms with E-state index in [0.29, 0.717) is 39.2 Å². The highest BCUT2D eigenvalue weighted by atomic mass is 19.3. The summed E-state index contributed by atoms with van der Waals surface area (Å²) in [6.45, 7) is 8.49. The first-order valence-electron chi connectivity index (χ1n) is 11.5. The van der Waals surface area contributed by atoms with Gasteiger partial charge in [-0.25, -0.2) is 8.78 Å². The standard InChI is InChI=1S/C23H35F2N3O3/c24-23(25)6-9-27(10-7-23)18-22(29)5-8-28(19-22)17-20-1-3-21(4-2-20)31-16-13-26-11-14-30-15-12-26/h1-4,29H,5-19H2/t22-/m1/s1. The number of likely N-dealkylation sites (tertiary alicyclic amines) is 2. The molecule has 3 fully saturated rings. The average Bonchev–Trinajstić information content (AvgIpc) is 3.12. The third kappa shape index (κ3) is 6.83. The monoisotopic (exact) mass is 439 g/mol. The molecule has 0 unspecified atom stereocenters. The van der Waals surface area contributed by atoms with Crippen molar-refractivity contribution < 1.29 is 23.4 Å². The lowest BCUT2D eigenvalue weighted by molar-refractivity contribution is -0.0724. The van der Waals surface area contributed by atoms with Crippen LogP contribution in [0, 0.1) is 0 Å². The Morgan fingerprint density at radius 2 is 1.58 bits per heavy atom. The van der Waals surface area contributed by atoms with Crippen LogP contribution in [0.15, 0.2) is 24.3 Å². The number of piperidine rings is 1. The molecular weight excluding hydrogens is 404 g/mol. The largest absolute Gasteiger partial charge is 0.492 e. The average molecular weight is 440 g/mol. The zero-order chi connectivity index (χ0) is 21.7. The molecule has 3 aliphatic rings. The summed E-state index contributed by atoms with van der Waals surface area (Å²) in [7, 11) is 0. The Bertz CT molecular complexity index is 690. The Kier molecular flexibility index (Phi) is 7.44. The van der Waals surface area contributed by atoms with Crippen molar-refractivity contribution in [1.82, 2.24) is 14.7 Å². The van der Waals surface area contributed by atoms with Crippen LogP contribution >= 0.6 is 0 Å². The molecule has 1 aromatic carbocycles. The first kappa shape index (κ1) is 22.9. The SMILES string of the molecule is O[C@@]1(CN2CCC(F)(F)CC2)CCN(Cc2ccc(OCCN3CCOCC3)cc2)C1. The van der Waals surface area contributed by atoms with Gasteiger partial charge in [0.25, 0.3) is 5.92 Å². The van der Waals surface area contributed by atoms with Crippen molar-refractivity contribution in [2.24, 2.45) is 0 Å². The van der Waals surface area contributed by atoms with Gasteiger partial charge in [0.1, 0.15) is 12.4 Å². The molecule has 8 heteroatoms. The summed E-state index contributed by atoms with van der Waals surface area (Å²) < 4.78 is 38.0. The first-order valence-corrected chi connectivity index (χ1v) is 11.5. The lowest BCUT2D eigenvalue weighted by Crippen LogP contribution is -2.49. The third-order valence-corrected chi connectivity index (χ3v) is 6.63. The van der Waals surface area contributed by atoms with Crippen LogP contribution in [0.3, 0.4) is 0 Å². The maximum Gasteiger partial charge on any atom is 0.250 e. The Morgan fingerprint density at radius 1 is 0.903 bits per heavy atom. The number of hydrogen-bond acceptors (Lipinski definition) is 6. The molecule has 0 aliphatic carbocycles. The number of nitrogens with zero attached hydrogens (tertiary/aromatic N) is 3. The van der Waals surface area contributed by atoms with Crippen molar-refractivity contribution in [2.75, 3.05) is 72.2 Å². The molecular formula is C23H35F2N3O3. The van der Waals surface area contributed by atoms with Crippen LogP contribution < -0.4 is 4.74 Å². The fourth-order valence-electron chi connectivity index (χ4n) is 4.73. The molecule has 31 heavy (non-hydrogen) atoms.